The highest BCUT2D eigenvalue weighted by Crippen LogP contribution is 2.35. The summed E-state index contributed by atoms with van der Waals surface area (Å²) >= 11 is 0. The molecule has 2 aromatic heterocycles. The van der Waals surface area contributed by atoms with Crippen LogP contribution in [0, 0.1) is 0 Å². The summed E-state index contributed by atoms with van der Waals surface area (Å²) in [4.78, 5) is 15.0. The lowest BCUT2D eigenvalue weighted by atomic mass is 9.95. The number of aromatic nitrogens is 3. The minimum absolute atomic E-state index is 0.715. The third kappa shape index (κ3) is 8.62. The minimum Gasteiger partial charge on any atom is -0.248 e. The van der Waals surface area contributed by atoms with Gasteiger partial charge in [-0.05, 0) is 79.9 Å². The largest absolute Gasteiger partial charge is 0.248 e. The van der Waals surface area contributed by atoms with Crippen molar-refractivity contribution < 1.29 is 0 Å². The first kappa shape index (κ1) is 40.0. The van der Waals surface area contributed by atoms with Crippen LogP contribution < -0.4 is 0 Å². The average Bonchev–Trinajstić information content (AvgIpc) is 3.42. The van der Waals surface area contributed by atoms with Gasteiger partial charge in [-0.25, -0.2) is 15.0 Å². The van der Waals surface area contributed by atoms with E-state index in [0.29, 0.717) is 5.82 Å². The zero-order valence-electron chi connectivity index (χ0n) is 36.2. The van der Waals surface area contributed by atoms with Crippen LogP contribution in [-0.2, 0) is 0 Å². The van der Waals surface area contributed by atoms with Gasteiger partial charge in [0, 0.05) is 27.8 Å². The molecule has 3 heteroatoms. The molecule has 0 radical (unpaired) electrons. The molecule has 310 valence electrons. The predicted molar refractivity (Wildman–Crippen MR) is 274 cm³/mol. The molecule has 2 heterocycles. The highest BCUT2D eigenvalue weighted by atomic mass is 14.9. The summed E-state index contributed by atoms with van der Waals surface area (Å²) in [6.07, 6.45) is 0. The van der Waals surface area contributed by atoms with Gasteiger partial charge in [0.2, 0.25) is 0 Å². The van der Waals surface area contributed by atoms with Crippen molar-refractivity contribution in [2.24, 2.45) is 0 Å². The fourth-order valence-electron chi connectivity index (χ4n) is 8.56. The average molecular weight is 842 g/mol. The molecule has 11 rings (SSSR count). The Morgan fingerprint density at radius 1 is 0.152 bits per heavy atom. The molecular weight excluding hydrogens is 799 g/mol. The number of rotatable bonds is 10. The molecular formula is C63H43N3. The molecule has 0 aliphatic heterocycles. The van der Waals surface area contributed by atoms with Crippen molar-refractivity contribution in [2.45, 2.75) is 0 Å². The van der Waals surface area contributed by atoms with Gasteiger partial charge in [-0.1, -0.05) is 237 Å². The molecule has 0 fully saturated rings. The van der Waals surface area contributed by atoms with Crippen molar-refractivity contribution in [3.05, 3.63) is 261 Å². The van der Waals surface area contributed by atoms with Gasteiger partial charge in [-0.2, -0.15) is 0 Å². The van der Waals surface area contributed by atoms with Crippen LogP contribution in [0.3, 0.4) is 0 Å². The van der Waals surface area contributed by atoms with Crippen LogP contribution in [0.5, 0.6) is 0 Å². The van der Waals surface area contributed by atoms with Crippen LogP contribution in [0.2, 0.25) is 0 Å². The molecule has 0 N–H and O–H groups in total. The molecule has 0 spiro atoms. The Morgan fingerprint density at radius 2 is 0.409 bits per heavy atom. The second kappa shape index (κ2) is 18.1. The Balaban J connectivity index is 0.797. The summed E-state index contributed by atoms with van der Waals surface area (Å²) in [5.74, 6) is 0.715. The highest BCUT2D eigenvalue weighted by Gasteiger charge is 2.13. The number of hydrogen-bond acceptors (Lipinski definition) is 3. The standard InChI is InChI=1S/C63H43N3/c1-5-14-51(15-6-1)59-41-58(42-60(64-59)52-16-7-2-8-17-52)50-34-28-46(29-35-50)44-24-30-48(31-25-44)56-22-13-23-57(40-56)49-32-26-45(27-33-49)47-36-38-54(39-37-47)62-43-61(53-18-9-3-10-19-53)65-63(66-62)55-20-11-4-12-21-55/h1-43H. The van der Waals surface area contributed by atoms with E-state index in [-0.39, 0.29) is 0 Å². The van der Waals surface area contributed by atoms with Crippen LogP contribution in [0.1, 0.15) is 0 Å². The molecule has 66 heavy (non-hydrogen) atoms. The molecule has 0 saturated heterocycles. The number of benzene rings is 9. The van der Waals surface area contributed by atoms with Gasteiger partial charge in [0.25, 0.3) is 0 Å². The summed E-state index contributed by atoms with van der Waals surface area (Å²) < 4.78 is 0. The van der Waals surface area contributed by atoms with E-state index < -0.39 is 0 Å². The third-order valence-electron chi connectivity index (χ3n) is 12.2. The van der Waals surface area contributed by atoms with Crippen molar-refractivity contribution in [1.82, 2.24) is 15.0 Å². The van der Waals surface area contributed by atoms with Crippen LogP contribution in [0.15, 0.2) is 261 Å². The van der Waals surface area contributed by atoms with Gasteiger partial charge in [-0.15, -0.1) is 0 Å². The van der Waals surface area contributed by atoms with E-state index in [1.54, 1.807) is 0 Å². The second-order valence-corrected chi connectivity index (χ2v) is 16.4. The van der Waals surface area contributed by atoms with Gasteiger partial charge in [0.05, 0.1) is 22.8 Å². The van der Waals surface area contributed by atoms with E-state index in [4.69, 9.17) is 15.0 Å². The van der Waals surface area contributed by atoms with Gasteiger partial charge < -0.3 is 0 Å². The van der Waals surface area contributed by atoms with Gasteiger partial charge in [-0.3, -0.25) is 0 Å². The Labute approximate surface area is 386 Å². The van der Waals surface area contributed by atoms with Crippen LogP contribution >= 0.6 is 0 Å². The van der Waals surface area contributed by atoms with Crippen LogP contribution in [0.4, 0.5) is 0 Å². The fraction of sp³-hybridized carbons (Fsp3) is 0. The molecule has 0 bridgehead atoms. The maximum absolute atomic E-state index is 5.06. The van der Waals surface area contributed by atoms with Crippen molar-refractivity contribution >= 4 is 0 Å². The Morgan fingerprint density at radius 3 is 0.773 bits per heavy atom. The molecule has 0 aliphatic rings. The summed E-state index contributed by atoms with van der Waals surface area (Å²) in [7, 11) is 0. The molecule has 9 aromatic carbocycles. The van der Waals surface area contributed by atoms with E-state index in [1.807, 2.05) is 48.5 Å². The summed E-state index contributed by atoms with van der Waals surface area (Å²) in [5.41, 5.74) is 20.7. The predicted octanol–water partition coefficient (Wildman–Crippen LogP) is 16.5. The number of hydrogen-bond donors (Lipinski definition) is 0. The lowest BCUT2D eigenvalue weighted by Gasteiger charge is -2.11. The summed E-state index contributed by atoms with van der Waals surface area (Å²) in [5, 5.41) is 0. The molecule has 0 amide bonds. The maximum atomic E-state index is 5.06. The highest BCUT2D eigenvalue weighted by molar-refractivity contribution is 5.81. The van der Waals surface area contributed by atoms with E-state index in [2.05, 4.69) is 212 Å². The van der Waals surface area contributed by atoms with E-state index >= 15 is 0 Å². The first-order valence-corrected chi connectivity index (χ1v) is 22.3. The van der Waals surface area contributed by atoms with Crippen molar-refractivity contribution in [1.29, 1.82) is 0 Å². The van der Waals surface area contributed by atoms with E-state index in [9.17, 15) is 0 Å². The smallest absolute Gasteiger partial charge is 0.160 e. The third-order valence-corrected chi connectivity index (χ3v) is 12.2. The maximum Gasteiger partial charge on any atom is 0.160 e. The Hall–Kier alpha value is -8.79. The zero-order chi connectivity index (χ0) is 44.1. The van der Waals surface area contributed by atoms with Gasteiger partial charge in [0.15, 0.2) is 5.82 Å². The Bertz CT molecular complexity index is 3040. The van der Waals surface area contributed by atoms with Gasteiger partial charge in [0.1, 0.15) is 0 Å². The molecule has 0 aliphatic carbocycles. The van der Waals surface area contributed by atoms with Gasteiger partial charge >= 0.3 is 0 Å². The van der Waals surface area contributed by atoms with Crippen LogP contribution in [0.25, 0.3) is 112 Å². The first-order chi connectivity index (χ1) is 32.7. The summed E-state index contributed by atoms with van der Waals surface area (Å²) in [6.45, 7) is 0. The zero-order valence-corrected chi connectivity index (χ0v) is 36.2. The summed E-state index contributed by atoms with van der Waals surface area (Å²) in [6, 6.07) is 91.9. The van der Waals surface area contributed by atoms with Crippen LogP contribution in [-0.4, -0.2) is 15.0 Å². The lowest BCUT2D eigenvalue weighted by Crippen LogP contribution is -1.95. The van der Waals surface area contributed by atoms with Crippen molar-refractivity contribution in [2.75, 3.05) is 0 Å². The Kier molecular flexibility index (Phi) is 11.0. The minimum atomic E-state index is 0.715. The van der Waals surface area contributed by atoms with E-state index in [0.717, 1.165) is 72.8 Å². The normalized spacial score (nSPS) is 11.0. The van der Waals surface area contributed by atoms with Crippen molar-refractivity contribution in [3.8, 4) is 112 Å². The molecule has 11 aromatic rings. The quantitative estimate of drug-likeness (QED) is 0.138. The molecule has 0 atom stereocenters. The molecule has 3 nitrogen and oxygen atoms in total. The SMILES string of the molecule is c1ccc(-c2cc(-c3ccc(-c4ccc(-c5cccc(-c6ccc(-c7ccc(-c8cc(-c9ccccc9)nc(-c9ccccc9)n8)cc7)cc6)c5)cc4)cc3)cc(-c3ccccc3)n2)cc1. The number of nitrogens with zero attached hydrogens (tertiary/aromatic N) is 3. The topological polar surface area (TPSA) is 38.7 Å². The second-order valence-electron chi connectivity index (χ2n) is 16.4. The molecule has 0 unspecified atom stereocenters. The van der Waals surface area contributed by atoms with E-state index in [1.165, 1.54) is 33.4 Å². The molecule has 0 saturated carbocycles. The monoisotopic (exact) mass is 841 g/mol. The fourth-order valence-corrected chi connectivity index (χ4v) is 8.56. The first-order valence-electron chi connectivity index (χ1n) is 22.3. The van der Waals surface area contributed by atoms with Crippen molar-refractivity contribution in [3.63, 3.8) is 0 Å². The number of pyridine rings is 1. The lowest BCUT2D eigenvalue weighted by molar-refractivity contribution is 1.18.